The zero-order valence-electron chi connectivity index (χ0n) is 12.8. The van der Waals surface area contributed by atoms with Crippen LogP contribution in [0.5, 0.6) is 5.75 Å². The summed E-state index contributed by atoms with van der Waals surface area (Å²) >= 11 is 0. The molecule has 0 saturated heterocycles. The number of hydrogen-bond donors (Lipinski definition) is 1. The molecule has 0 spiro atoms. The summed E-state index contributed by atoms with van der Waals surface area (Å²) in [7, 11) is 0. The normalized spacial score (nSPS) is 24.2. The Labute approximate surface area is 126 Å². The maximum absolute atomic E-state index is 6.44. The minimum Gasteiger partial charge on any atom is -0.487 e. The summed E-state index contributed by atoms with van der Waals surface area (Å²) in [6.07, 6.45) is 2.74. The van der Waals surface area contributed by atoms with E-state index in [0.717, 1.165) is 30.6 Å². The van der Waals surface area contributed by atoms with Crippen molar-refractivity contribution < 1.29 is 4.74 Å². The standard InChI is InChI=1S/C19H23NO/c1-3-19(12-15-7-5-4-6-8-15)13-17(20)16-11-14(2)9-10-18(16)21-19/h4-11,17H,3,12-13,20H2,1-2H3/t17-,19?/m0/s1. The molecule has 2 heteroatoms. The summed E-state index contributed by atoms with van der Waals surface area (Å²) in [5.74, 6) is 0.956. The summed E-state index contributed by atoms with van der Waals surface area (Å²) in [6.45, 7) is 4.29. The van der Waals surface area contributed by atoms with Crippen molar-refractivity contribution in [2.75, 3.05) is 0 Å². The molecule has 1 aliphatic rings. The molecular formula is C19H23NO. The Morgan fingerprint density at radius 3 is 2.67 bits per heavy atom. The topological polar surface area (TPSA) is 35.2 Å². The van der Waals surface area contributed by atoms with Gasteiger partial charge in [0.05, 0.1) is 0 Å². The third-order valence-corrected chi connectivity index (χ3v) is 4.50. The lowest BCUT2D eigenvalue weighted by atomic mass is 9.81. The van der Waals surface area contributed by atoms with Crippen molar-refractivity contribution in [3.8, 4) is 5.75 Å². The molecule has 0 radical (unpaired) electrons. The van der Waals surface area contributed by atoms with Gasteiger partial charge in [-0.25, -0.2) is 0 Å². The molecular weight excluding hydrogens is 258 g/mol. The van der Waals surface area contributed by atoms with Gasteiger partial charge in [-0.05, 0) is 25.0 Å². The summed E-state index contributed by atoms with van der Waals surface area (Å²) in [5.41, 5.74) is 9.94. The molecule has 2 aromatic carbocycles. The highest BCUT2D eigenvalue weighted by molar-refractivity contribution is 5.42. The average Bonchev–Trinajstić information content (AvgIpc) is 2.49. The van der Waals surface area contributed by atoms with Crippen molar-refractivity contribution in [1.82, 2.24) is 0 Å². The molecule has 3 rings (SSSR count). The SMILES string of the molecule is CCC1(Cc2ccccc2)C[C@H](N)c2cc(C)ccc2O1. The van der Waals surface area contributed by atoms with Crippen LogP contribution in [-0.4, -0.2) is 5.60 Å². The molecule has 1 unspecified atom stereocenters. The summed E-state index contributed by atoms with van der Waals surface area (Å²) in [6, 6.07) is 16.9. The zero-order valence-corrected chi connectivity index (χ0v) is 12.8. The van der Waals surface area contributed by atoms with Gasteiger partial charge in [0, 0.05) is 24.4 Å². The van der Waals surface area contributed by atoms with Crippen LogP contribution in [0.2, 0.25) is 0 Å². The van der Waals surface area contributed by atoms with Crippen LogP contribution in [-0.2, 0) is 6.42 Å². The molecule has 2 atom stereocenters. The minimum absolute atomic E-state index is 0.0531. The van der Waals surface area contributed by atoms with Gasteiger partial charge in [0.25, 0.3) is 0 Å². The van der Waals surface area contributed by atoms with Gasteiger partial charge in [0.15, 0.2) is 0 Å². The van der Waals surface area contributed by atoms with Crippen molar-refractivity contribution >= 4 is 0 Å². The van der Waals surface area contributed by atoms with E-state index in [1.807, 2.05) is 6.07 Å². The largest absolute Gasteiger partial charge is 0.487 e. The van der Waals surface area contributed by atoms with Gasteiger partial charge in [0.1, 0.15) is 11.4 Å². The summed E-state index contributed by atoms with van der Waals surface area (Å²) in [4.78, 5) is 0. The lowest BCUT2D eigenvalue weighted by Crippen LogP contribution is -2.44. The molecule has 2 nitrogen and oxygen atoms in total. The quantitative estimate of drug-likeness (QED) is 0.916. The molecule has 21 heavy (non-hydrogen) atoms. The third-order valence-electron chi connectivity index (χ3n) is 4.50. The van der Waals surface area contributed by atoms with Crippen molar-refractivity contribution in [1.29, 1.82) is 0 Å². The molecule has 0 amide bonds. The summed E-state index contributed by atoms with van der Waals surface area (Å²) in [5, 5.41) is 0. The Hall–Kier alpha value is -1.80. The van der Waals surface area contributed by atoms with E-state index in [1.165, 1.54) is 11.1 Å². The van der Waals surface area contributed by atoms with E-state index in [0.29, 0.717) is 0 Å². The molecule has 1 heterocycles. The fraction of sp³-hybridized carbons (Fsp3) is 0.368. The fourth-order valence-electron chi connectivity index (χ4n) is 3.25. The van der Waals surface area contributed by atoms with Crippen LogP contribution in [0.4, 0.5) is 0 Å². The predicted octanol–water partition coefficient (Wildman–Crippen LogP) is 4.17. The highest BCUT2D eigenvalue weighted by atomic mass is 16.5. The van der Waals surface area contributed by atoms with Gasteiger partial charge in [-0.1, -0.05) is 55.0 Å². The van der Waals surface area contributed by atoms with Gasteiger partial charge >= 0.3 is 0 Å². The van der Waals surface area contributed by atoms with E-state index >= 15 is 0 Å². The molecule has 0 aromatic heterocycles. The number of hydrogen-bond acceptors (Lipinski definition) is 2. The van der Waals surface area contributed by atoms with Crippen LogP contribution < -0.4 is 10.5 Å². The van der Waals surface area contributed by atoms with E-state index in [1.54, 1.807) is 0 Å². The summed E-state index contributed by atoms with van der Waals surface area (Å²) < 4.78 is 6.42. The predicted molar refractivity (Wildman–Crippen MR) is 86.5 cm³/mol. The molecule has 1 aliphatic heterocycles. The number of aryl methyl sites for hydroxylation is 1. The Balaban J connectivity index is 1.92. The van der Waals surface area contributed by atoms with Crippen LogP contribution >= 0.6 is 0 Å². The Morgan fingerprint density at radius 1 is 1.19 bits per heavy atom. The highest BCUT2D eigenvalue weighted by Crippen LogP contribution is 2.41. The Kier molecular flexibility index (Phi) is 3.73. The molecule has 0 aliphatic carbocycles. The second-order valence-corrected chi connectivity index (χ2v) is 6.15. The number of benzene rings is 2. The number of rotatable bonds is 3. The first-order valence-corrected chi connectivity index (χ1v) is 7.71. The molecule has 0 fully saturated rings. The van der Waals surface area contributed by atoms with Gasteiger partial charge in [-0.2, -0.15) is 0 Å². The second kappa shape index (κ2) is 5.53. The van der Waals surface area contributed by atoms with Crippen LogP contribution in [0.25, 0.3) is 0 Å². The molecule has 0 saturated carbocycles. The van der Waals surface area contributed by atoms with Crippen molar-refractivity contribution in [2.24, 2.45) is 5.73 Å². The smallest absolute Gasteiger partial charge is 0.124 e. The second-order valence-electron chi connectivity index (χ2n) is 6.15. The molecule has 2 aromatic rings. The highest BCUT2D eigenvalue weighted by Gasteiger charge is 2.38. The van der Waals surface area contributed by atoms with E-state index in [4.69, 9.17) is 10.5 Å². The van der Waals surface area contributed by atoms with Gasteiger partial charge < -0.3 is 10.5 Å². The molecule has 2 N–H and O–H groups in total. The maximum atomic E-state index is 6.44. The van der Waals surface area contributed by atoms with Crippen LogP contribution in [0, 0.1) is 6.92 Å². The van der Waals surface area contributed by atoms with E-state index in [9.17, 15) is 0 Å². The zero-order chi connectivity index (χ0) is 14.9. The lowest BCUT2D eigenvalue weighted by molar-refractivity contribution is 0.0321. The number of nitrogens with two attached hydrogens (primary N) is 1. The van der Waals surface area contributed by atoms with Crippen LogP contribution in [0.3, 0.4) is 0 Å². The van der Waals surface area contributed by atoms with Crippen molar-refractivity contribution in [3.63, 3.8) is 0 Å². The van der Waals surface area contributed by atoms with E-state index < -0.39 is 0 Å². The first-order valence-electron chi connectivity index (χ1n) is 7.71. The van der Waals surface area contributed by atoms with E-state index in [2.05, 4.69) is 56.3 Å². The average molecular weight is 281 g/mol. The van der Waals surface area contributed by atoms with E-state index in [-0.39, 0.29) is 11.6 Å². The van der Waals surface area contributed by atoms with Gasteiger partial charge in [0.2, 0.25) is 0 Å². The first-order chi connectivity index (χ1) is 10.1. The minimum atomic E-state index is -0.191. The fourth-order valence-corrected chi connectivity index (χ4v) is 3.25. The van der Waals surface area contributed by atoms with Crippen LogP contribution in [0.15, 0.2) is 48.5 Å². The van der Waals surface area contributed by atoms with Crippen LogP contribution in [0.1, 0.15) is 42.5 Å². The maximum Gasteiger partial charge on any atom is 0.124 e. The van der Waals surface area contributed by atoms with Gasteiger partial charge in [-0.3, -0.25) is 0 Å². The van der Waals surface area contributed by atoms with Crippen molar-refractivity contribution in [2.45, 2.75) is 44.8 Å². The van der Waals surface area contributed by atoms with Gasteiger partial charge in [-0.15, -0.1) is 0 Å². The Bertz CT molecular complexity index is 623. The number of fused-ring (bicyclic) bond motifs is 1. The first kappa shape index (κ1) is 14.2. The lowest BCUT2D eigenvalue weighted by Gasteiger charge is -2.41. The third kappa shape index (κ3) is 2.81. The van der Waals surface area contributed by atoms with Crippen molar-refractivity contribution in [3.05, 3.63) is 65.2 Å². The monoisotopic (exact) mass is 281 g/mol. The molecule has 0 bridgehead atoms. The number of ether oxygens (including phenoxy) is 1. The Morgan fingerprint density at radius 2 is 1.95 bits per heavy atom. The molecule has 110 valence electrons.